The van der Waals surface area contributed by atoms with Crippen LogP contribution in [0.1, 0.15) is 19.3 Å². The van der Waals surface area contributed by atoms with Crippen molar-refractivity contribution in [3.05, 3.63) is 60.8 Å². The molecule has 0 unspecified atom stereocenters. The first-order chi connectivity index (χ1) is 13.3. The van der Waals surface area contributed by atoms with Gasteiger partial charge in [0.1, 0.15) is 18.1 Å². The number of nitrogens with zero attached hydrogens (tertiary/aromatic N) is 1. The molecule has 140 valence electrons. The first-order valence-electron chi connectivity index (χ1n) is 9.72. The van der Waals surface area contributed by atoms with E-state index in [1.54, 1.807) is 12.1 Å². The summed E-state index contributed by atoms with van der Waals surface area (Å²) in [4.78, 5) is 5.79. The molecule has 0 radical (unpaired) electrons. The van der Waals surface area contributed by atoms with E-state index in [0.717, 1.165) is 41.3 Å². The van der Waals surface area contributed by atoms with E-state index in [-0.39, 0.29) is 5.75 Å². The second-order valence-electron chi connectivity index (χ2n) is 7.09. The second-order valence-corrected chi connectivity index (χ2v) is 7.09. The number of phenols is 1. The summed E-state index contributed by atoms with van der Waals surface area (Å²) in [5.41, 5.74) is 4.38. The fourth-order valence-corrected chi connectivity index (χ4v) is 3.68. The van der Waals surface area contributed by atoms with Crippen LogP contribution in [0.2, 0.25) is 0 Å². The minimum Gasteiger partial charge on any atom is -0.508 e. The molecular formula is C23H26N2O2. The number of likely N-dealkylation sites (tertiary alicyclic amines) is 1. The van der Waals surface area contributed by atoms with Crippen LogP contribution >= 0.6 is 0 Å². The fraction of sp³-hybridized carbons (Fsp3) is 0.304. The maximum Gasteiger partial charge on any atom is 0.119 e. The van der Waals surface area contributed by atoms with Crippen molar-refractivity contribution < 1.29 is 9.84 Å². The molecule has 27 heavy (non-hydrogen) atoms. The summed E-state index contributed by atoms with van der Waals surface area (Å²) in [6.45, 7) is 4.15. The Balaban J connectivity index is 1.40. The van der Waals surface area contributed by atoms with Gasteiger partial charge in [-0.1, -0.05) is 18.6 Å². The van der Waals surface area contributed by atoms with E-state index < -0.39 is 0 Å². The van der Waals surface area contributed by atoms with Gasteiger partial charge in [-0.2, -0.15) is 0 Å². The van der Waals surface area contributed by atoms with Gasteiger partial charge in [-0.25, -0.2) is 0 Å². The summed E-state index contributed by atoms with van der Waals surface area (Å²) in [5, 5.41) is 9.50. The van der Waals surface area contributed by atoms with Gasteiger partial charge in [0.25, 0.3) is 0 Å². The molecule has 0 saturated carbocycles. The molecule has 3 aromatic rings. The van der Waals surface area contributed by atoms with Crippen LogP contribution in [0.4, 0.5) is 0 Å². The number of hydrogen-bond donors (Lipinski definition) is 2. The fourth-order valence-electron chi connectivity index (χ4n) is 3.68. The Morgan fingerprint density at radius 3 is 2.30 bits per heavy atom. The number of aromatic amines is 1. The summed E-state index contributed by atoms with van der Waals surface area (Å²) in [5.74, 6) is 1.19. The zero-order chi connectivity index (χ0) is 18.5. The molecule has 0 aliphatic carbocycles. The first-order valence-corrected chi connectivity index (χ1v) is 9.72. The molecule has 4 nitrogen and oxygen atoms in total. The standard InChI is InChI=1S/C23H26N2O2/c26-20-8-4-19(5-9-20)23-22(12-13-24-23)18-6-10-21(11-7-18)27-17-16-25-14-2-1-3-15-25/h4-13,24,26H,1-3,14-17H2. The molecule has 0 atom stereocenters. The lowest BCUT2D eigenvalue weighted by molar-refractivity contribution is 0.183. The number of ether oxygens (including phenoxy) is 1. The Morgan fingerprint density at radius 2 is 1.56 bits per heavy atom. The SMILES string of the molecule is Oc1ccc(-c2[nH]ccc2-c2ccc(OCCN3CCCCC3)cc2)cc1. The summed E-state index contributed by atoms with van der Waals surface area (Å²) in [7, 11) is 0. The highest BCUT2D eigenvalue weighted by molar-refractivity contribution is 5.81. The molecule has 1 aliphatic heterocycles. The molecule has 0 spiro atoms. The molecule has 1 saturated heterocycles. The predicted octanol–water partition coefficient (Wildman–Crippen LogP) is 4.92. The minimum absolute atomic E-state index is 0.276. The third-order valence-corrected chi connectivity index (χ3v) is 5.19. The zero-order valence-corrected chi connectivity index (χ0v) is 15.5. The van der Waals surface area contributed by atoms with Crippen LogP contribution in [0.25, 0.3) is 22.4 Å². The van der Waals surface area contributed by atoms with Crippen molar-refractivity contribution in [3.63, 3.8) is 0 Å². The van der Waals surface area contributed by atoms with E-state index in [1.165, 1.54) is 32.4 Å². The summed E-state index contributed by atoms with van der Waals surface area (Å²) in [6, 6.07) is 17.6. The van der Waals surface area contributed by atoms with E-state index in [4.69, 9.17) is 4.74 Å². The largest absolute Gasteiger partial charge is 0.508 e. The number of nitrogens with one attached hydrogen (secondary N) is 1. The van der Waals surface area contributed by atoms with Crippen LogP contribution in [-0.2, 0) is 0 Å². The lowest BCUT2D eigenvalue weighted by Crippen LogP contribution is -2.33. The molecule has 2 aromatic carbocycles. The van der Waals surface area contributed by atoms with Crippen LogP contribution in [0.3, 0.4) is 0 Å². The average Bonchev–Trinajstić information content (AvgIpc) is 3.20. The highest BCUT2D eigenvalue weighted by Gasteiger charge is 2.11. The Hall–Kier alpha value is -2.72. The number of benzene rings is 2. The highest BCUT2D eigenvalue weighted by Crippen LogP contribution is 2.32. The molecule has 1 aromatic heterocycles. The van der Waals surface area contributed by atoms with Crippen LogP contribution < -0.4 is 4.74 Å². The minimum atomic E-state index is 0.276. The van der Waals surface area contributed by atoms with Gasteiger partial charge < -0.3 is 14.8 Å². The van der Waals surface area contributed by atoms with E-state index in [1.807, 2.05) is 30.5 Å². The van der Waals surface area contributed by atoms with Gasteiger partial charge in [-0.15, -0.1) is 0 Å². The Kier molecular flexibility index (Phi) is 5.45. The van der Waals surface area contributed by atoms with Gasteiger partial charge in [-0.05, 0) is 79.5 Å². The molecule has 2 heterocycles. The van der Waals surface area contributed by atoms with E-state index in [0.29, 0.717) is 0 Å². The third kappa shape index (κ3) is 4.34. The van der Waals surface area contributed by atoms with E-state index >= 15 is 0 Å². The van der Waals surface area contributed by atoms with Crippen molar-refractivity contribution in [3.8, 4) is 33.9 Å². The van der Waals surface area contributed by atoms with Gasteiger partial charge in [-0.3, -0.25) is 4.90 Å². The van der Waals surface area contributed by atoms with Gasteiger partial charge in [0.05, 0.1) is 5.69 Å². The van der Waals surface area contributed by atoms with Crippen molar-refractivity contribution in [1.82, 2.24) is 9.88 Å². The lowest BCUT2D eigenvalue weighted by atomic mass is 10.0. The summed E-state index contributed by atoms with van der Waals surface area (Å²) in [6.07, 6.45) is 5.94. The molecular weight excluding hydrogens is 336 g/mol. The molecule has 4 heteroatoms. The van der Waals surface area contributed by atoms with Crippen molar-refractivity contribution in [2.75, 3.05) is 26.2 Å². The number of aromatic nitrogens is 1. The van der Waals surface area contributed by atoms with Crippen LogP contribution in [0.5, 0.6) is 11.5 Å². The highest BCUT2D eigenvalue weighted by atomic mass is 16.5. The van der Waals surface area contributed by atoms with E-state index in [9.17, 15) is 5.11 Å². The van der Waals surface area contributed by atoms with Crippen molar-refractivity contribution in [2.45, 2.75) is 19.3 Å². The molecule has 1 fully saturated rings. The maximum atomic E-state index is 9.50. The number of H-pyrrole nitrogens is 1. The van der Waals surface area contributed by atoms with Gasteiger partial charge in [0, 0.05) is 18.3 Å². The molecule has 0 bridgehead atoms. The number of rotatable bonds is 6. The van der Waals surface area contributed by atoms with Crippen LogP contribution in [-0.4, -0.2) is 41.2 Å². The number of piperidine rings is 1. The monoisotopic (exact) mass is 362 g/mol. The van der Waals surface area contributed by atoms with Crippen LogP contribution in [0, 0.1) is 0 Å². The summed E-state index contributed by atoms with van der Waals surface area (Å²) < 4.78 is 5.93. The smallest absolute Gasteiger partial charge is 0.119 e. The Bertz CT molecular complexity index is 847. The Morgan fingerprint density at radius 1 is 0.852 bits per heavy atom. The third-order valence-electron chi connectivity index (χ3n) is 5.19. The molecule has 4 rings (SSSR count). The van der Waals surface area contributed by atoms with Crippen molar-refractivity contribution >= 4 is 0 Å². The van der Waals surface area contributed by atoms with Gasteiger partial charge >= 0.3 is 0 Å². The second kappa shape index (κ2) is 8.31. The lowest BCUT2D eigenvalue weighted by Gasteiger charge is -2.26. The zero-order valence-electron chi connectivity index (χ0n) is 15.5. The first kappa shape index (κ1) is 17.7. The number of phenolic OH excluding ortho intramolecular Hbond substituents is 1. The molecule has 2 N–H and O–H groups in total. The molecule has 1 aliphatic rings. The predicted molar refractivity (Wildman–Crippen MR) is 109 cm³/mol. The topological polar surface area (TPSA) is 48.5 Å². The van der Waals surface area contributed by atoms with Gasteiger partial charge in [0.15, 0.2) is 0 Å². The van der Waals surface area contributed by atoms with Gasteiger partial charge in [0.2, 0.25) is 0 Å². The van der Waals surface area contributed by atoms with Crippen LogP contribution in [0.15, 0.2) is 60.8 Å². The number of hydrogen-bond acceptors (Lipinski definition) is 3. The maximum absolute atomic E-state index is 9.50. The quantitative estimate of drug-likeness (QED) is 0.654. The Labute approximate surface area is 160 Å². The van der Waals surface area contributed by atoms with Crippen molar-refractivity contribution in [2.24, 2.45) is 0 Å². The normalized spacial score (nSPS) is 15.0. The number of aromatic hydroxyl groups is 1. The van der Waals surface area contributed by atoms with E-state index in [2.05, 4.69) is 28.1 Å². The van der Waals surface area contributed by atoms with Crippen molar-refractivity contribution in [1.29, 1.82) is 0 Å². The average molecular weight is 362 g/mol. The summed E-state index contributed by atoms with van der Waals surface area (Å²) >= 11 is 0. The molecule has 0 amide bonds.